The van der Waals surface area contributed by atoms with E-state index >= 15 is 0 Å². The molecule has 0 aliphatic carbocycles. The molecule has 2 aromatic rings. The number of thiazole rings is 1. The third-order valence-corrected chi connectivity index (χ3v) is 5.52. The molecule has 0 radical (unpaired) electrons. The summed E-state index contributed by atoms with van der Waals surface area (Å²) in [5.41, 5.74) is 7.00. The van der Waals surface area contributed by atoms with E-state index in [9.17, 15) is 4.79 Å². The fourth-order valence-electron chi connectivity index (χ4n) is 2.45. The Labute approximate surface area is 142 Å². The number of amides is 1. The van der Waals surface area contributed by atoms with Crippen LogP contribution in [0, 0.1) is 0 Å². The third-order valence-electron chi connectivity index (χ3n) is 4.43. The zero-order valence-corrected chi connectivity index (χ0v) is 14.9. The number of nitrogens with two attached hydrogens (primary N) is 1. The van der Waals surface area contributed by atoms with Crippen LogP contribution in [0.3, 0.4) is 0 Å². The molecule has 0 saturated carbocycles. The standard InChI is InChI=1S/C18H27N3OS/c1-3-18(19,4-2)13-20-16(22)11-7-8-12-17-21-14-9-5-6-10-15(14)23-17/h5-6,9-10H,3-4,7-8,11-13,19H2,1-2H3,(H,20,22). The van der Waals surface area contributed by atoms with E-state index in [4.69, 9.17) is 5.73 Å². The van der Waals surface area contributed by atoms with Gasteiger partial charge in [0.05, 0.1) is 15.2 Å². The molecular weight excluding hydrogens is 306 g/mol. The Morgan fingerprint density at radius 3 is 2.70 bits per heavy atom. The van der Waals surface area contributed by atoms with E-state index in [1.54, 1.807) is 11.3 Å². The van der Waals surface area contributed by atoms with Crippen LogP contribution in [0.25, 0.3) is 10.2 Å². The van der Waals surface area contributed by atoms with Crippen molar-refractivity contribution in [1.82, 2.24) is 10.3 Å². The molecule has 0 aliphatic rings. The maximum Gasteiger partial charge on any atom is 0.220 e. The van der Waals surface area contributed by atoms with Crippen molar-refractivity contribution in [2.24, 2.45) is 5.73 Å². The van der Waals surface area contributed by atoms with E-state index in [1.165, 1.54) is 4.70 Å². The fraction of sp³-hybridized carbons (Fsp3) is 0.556. The summed E-state index contributed by atoms with van der Waals surface area (Å²) < 4.78 is 1.23. The molecule has 5 heteroatoms. The quantitative estimate of drug-likeness (QED) is 0.688. The minimum Gasteiger partial charge on any atom is -0.354 e. The van der Waals surface area contributed by atoms with Crippen LogP contribution >= 0.6 is 11.3 Å². The van der Waals surface area contributed by atoms with Crippen LogP contribution in [0.15, 0.2) is 24.3 Å². The summed E-state index contributed by atoms with van der Waals surface area (Å²) in [7, 11) is 0. The Bertz CT molecular complexity index is 601. The van der Waals surface area contributed by atoms with Gasteiger partial charge in [-0.2, -0.15) is 0 Å². The van der Waals surface area contributed by atoms with Gasteiger partial charge >= 0.3 is 0 Å². The van der Waals surface area contributed by atoms with Crippen molar-refractivity contribution in [3.05, 3.63) is 29.3 Å². The summed E-state index contributed by atoms with van der Waals surface area (Å²) in [6, 6.07) is 8.20. The van der Waals surface area contributed by atoms with E-state index in [1.807, 2.05) is 18.2 Å². The van der Waals surface area contributed by atoms with Crippen molar-refractivity contribution in [1.29, 1.82) is 0 Å². The molecule has 1 heterocycles. The Balaban J connectivity index is 1.67. The zero-order valence-electron chi connectivity index (χ0n) is 14.1. The van der Waals surface area contributed by atoms with E-state index in [0.29, 0.717) is 13.0 Å². The number of carbonyl (C=O) groups excluding carboxylic acids is 1. The highest BCUT2D eigenvalue weighted by Crippen LogP contribution is 2.22. The molecule has 4 nitrogen and oxygen atoms in total. The SMILES string of the molecule is CCC(N)(CC)CNC(=O)CCCCc1nc2ccccc2s1. The second-order valence-electron chi connectivity index (χ2n) is 6.13. The van der Waals surface area contributed by atoms with Crippen LogP contribution in [0.1, 0.15) is 51.0 Å². The number of rotatable bonds is 9. The lowest BCUT2D eigenvalue weighted by molar-refractivity contribution is -0.121. The van der Waals surface area contributed by atoms with Gasteiger partial charge < -0.3 is 11.1 Å². The van der Waals surface area contributed by atoms with Gasteiger partial charge in [-0.15, -0.1) is 11.3 Å². The first-order valence-electron chi connectivity index (χ1n) is 8.46. The molecule has 0 atom stereocenters. The number of nitrogens with zero attached hydrogens (tertiary/aromatic N) is 1. The van der Waals surface area contributed by atoms with Crippen molar-refractivity contribution in [3.8, 4) is 0 Å². The number of hydrogen-bond donors (Lipinski definition) is 2. The van der Waals surface area contributed by atoms with E-state index < -0.39 is 0 Å². The lowest BCUT2D eigenvalue weighted by Gasteiger charge is -2.26. The number of aromatic nitrogens is 1. The number of aryl methyl sites for hydroxylation is 1. The highest BCUT2D eigenvalue weighted by Gasteiger charge is 2.20. The molecule has 1 aromatic carbocycles. The van der Waals surface area contributed by atoms with E-state index in [0.717, 1.165) is 42.6 Å². The summed E-state index contributed by atoms with van der Waals surface area (Å²) in [5, 5.41) is 4.13. The average molecular weight is 334 g/mol. The Morgan fingerprint density at radius 1 is 1.26 bits per heavy atom. The summed E-state index contributed by atoms with van der Waals surface area (Å²) in [5.74, 6) is 0.103. The predicted molar refractivity (Wildman–Crippen MR) is 97.7 cm³/mol. The number of benzene rings is 1. The largest absolute Gasteiger partial charge is 0.354 e. The predicted octanol–water partition coefficient (Wildman–Crippen LogP) is 3.64. The van der Waals surface area contributed by atoms with Crippen molar-refractivity contribution in [2.45, 2.75) is 57.9 Å². The van der Waals surface area contributed by atoms with Crippen LogP contribution < -0.4 is 11.1 Å². The van der Waals surface area contributed by atoms with Gasteiger partial charge in [0, 0.05) is 18.5 Å². The summed E-state index contributed by atoms with van der Waals surface area (Å²) >= 11 is 1.75. The van der Waals surface area contributed by atoms with Gasteiger partial charge in [0.15, 0.2) is 0 Å². The second-order valence-corrected chi connectivity index (χ2v) is 7.24. The van der Waals surface area contributed by atoms with Crippen molar-refractivity contribution in [3.63, 3.8) is 0 Å². The van der Waals surface area contributed by atoms with Crippen molar-refractivity contribution >= 4 is 27.5 Å². The molecule has 1 aromatic heterocycles. The van der Waals surface area contributed by atoms with Gasteiger partial charge in [0.2, 0.25) is 5.91 Å². The lowest BCUT2D eigenvalue weighted by Crippen LogP contribution is -2.49. The number of unbranched alkanes of at least 4 members (excludes halogenated alkanes) is 1. The van der Waals surface area contributed by atoms with Gasteiger partial charge in [-0.05, 0) is 44.2 Å². The molecule has 0 aliphatic heterocycles. The van der Waals surface area contributed by atoms with Crippen molar-refractivity contribution in [2.75, 3.05) is 6.54 Å². The minimum absolute atomic E-state index is 0.103. The van der Waals surface area contributed by atoms with Crippen molar-refractivity contribution < 1.29 is 4.79 Å². The van der Waals surface area contributed by atoms with Gasteiger partial charge in [-0.3, -0.25) is 4.79 Å². The molecule has 0 unspecified atom stereocenters. The molecule has 1 amide bonds. The number of carbonyl (C=O) groups is 1. The summed E-state index contributed by atoms with van der Waals surface area (Å²) in [6.07, 6.45) is 5.13. The molecule has 0 bridgehead atoms. The number of fused-ring (bicyclic) bond motifs is 1. The van der Waals surface area contributed by atoms with Crippen LogP contribution in [-0.4, -0.2) is 23.0 Å². The van der Waals surface area contributed by atoms with Gasteiger partial charge in [0.1, 0.15) is 0 Å². The number of hydrogen-bond acceptors (Lipinski definition) is 4. The normalized spacial score (nSPS) is 11.8. The first-order chi connectivity index (χ1) is 11.1. The molecule has 0 fully saturated rings. The monoisotopic (exact) mass is 333 g/mol. The van der Waals surface area contributed by atoms with E-state index in [-0.39, 0.29) is 11.4 Å². The summed E-state index contributed by atoms with van der Waals surface area (Å²) in [6.45, 7) is 4.69. The van der Waals surface area contributed by atoms with Gasteiger partial charge in [0.25, 0.3) is 0 Å². The van der Waals surface area contributed by atoms with Gasteiger partial charge in [-0.25, -0.2) is 4.98 Å². The van der Waals surface area contributed by atoms with E-state index in [2.05, 4.69) is 30.2 Å². The zero-order chi connectivity index (χ0) is 16.7. The lowest BCUT2D eigenvalue weighted by atomic mass is 9.94. The number of nitrogens with one attached hydrogen (secondary N) is 1. The highest BCUT2D eigenvalue weighted by molar-refractivity contribution is 7.18. The van der Waals surface area contributed by atoms with Crippen LogP contribution in [-0.2, 0) is 11.2 Å². The third kappa shape index (κ3) is 5.29. The Hall–Kier alpha value is -1.46. The maximum absolute atomic E-state index is 11.9. The minimum atomic E-state index is -0.267. The smallest absolute Gasteiger partial charge is 0.220 e. The molecular formula is C18H27N3OS. The molecule has 3 N–H and O–H groups in total. The molecule has 126 valence electrons. The first-order valence-corrected chi connectivity index (χ1v) is 9.28. The number of para-hydroxylation sites is 1. The Morgan fingerprint density at radius 2 is 2.00 bits per heavy atom. The molecule has 0 saturated heterocycles. The van der Waals surface area contributed by atoms with Crippen LogP contribution in [0.4, 0.5) is 0 Å². The summed E-state index contributed by atoms with van der Waals surface area (Å²) in [4.78, 5) is 16.5. The molecule has 0 spiro atoms. The Kier molecular flexibility index (Phi) is 6.54. The molecule has 23 heavy (non-hydrogen) atoms. The topological polar surface area (TPSA) is 68.0 Å². The second kappa shape index (κ2) is 8.41. The van der Waals surface area contributed by atoms with Crippen LogP contribution in [0.2, 0.25) is 0 Å². The average Bonchev–Trinajstić information content (AvgIpc) is 2.99. The maximum atomic E-state index is 11.9. The fourth-order valence-corrected chi connectivity index (χ4v) is 3.46. The van der Waals surface area contributed by atoms with Gasteiger partial charge in [-0.1, -0.05) is 26.0 Å². The first kappa shape index (κ1) is 17.9. The highest BCUT2D eigenvalue weighted by atomic mass is 32.1. The van der Waals surface area contributed by atoms with Crippen LogP contribution in [0.5, 0.6) is 0 Å². The molecule has 2 rings (SSSR count).